The van der Waals surface area contributed by atoms with E-state index < -0.39 is 0 Å². The van der Waals surface area contributed by atoms with E-state index in [2.05, 4.69) is 30.3 Å². The van der Waals surface area contributed by atoms with E-state index in [9.17, 15) is 0 Å². The summed E-state index contributed by atoms with van der Waals surface area (Å²) in [6.07, 6.45) is 3.66. The number of para-hydroxylation sites is 1. The highest BCUT2D eigenvalue weighted by Gasteiger charge is 2.07. The molecule has 0 unspecified atom stereocenters. The van der Waals surface area contributed by atoms with Crippen LogP contribution in [-0.2, 0) is 11.3 Å². The van der Waals surface area contributed by atoms with Gasteiger partial charge in [0.2, 0.25) is 0 Å². The van der Waals surface area contributed by atoms with E-state index >= 15 is 0 Å². The van der Waals surface area contributed by atoms with Crippen LogP contribution in [0.3, 0.4) is 0 Å². The third-order valence-corrected chi connectivity index (χ3v) is 3.11. The van der Waals surface area contributed by atoms with Gasteiger partial charge in [-0.3, -0.25) is 4.68 Å². The Labute approximate surface area is 125 Å². The molecule has 0 saturated heterocycles. The minimum absolute atomic E-state index is 0.327. The molecule has 0 bridgehead atoms. The predicted molar refractivity (Wildman–Crippen MR) is 82.7 cm³/mol. The topological polar surface area (TPSA) is 48.3 Å². The third-order valence-electron chi connectivity index (χ3n) is 3.11. The molecule has 114 valence electrons. The van der Waals surface area contributed by atoms with Gasteiger partial charge in [-0.1, -0.05) is 18.2 Å². The first-order valence-corrected chi connectivity index (χ1v) is 7.20. The molecule has 1 N–H and O–H groups in total. The van der Waals surface area contributed by atoms with Crippen molar-refractivity contribution in [1.82, 2.24) is 15.1 Å². The number of methoxy groups -OCH3 is 1. The summed E-state index contributed by atoms with van der Waals surface area (Å²) >= 11 is 0. The molecule has 21 heavy (non-hydrogen) atoms. The van der Waals surface area contributed by atoms with Gasteiger partial charge in [0.1, 0.15) is 5.75 Å². The Kier molecular flexibility index (Phi) is 5.78. The van der Waals surface area contributed by atoms with Crippen molar-refractivity contribution in [2.24, 2.45) is 0 Å². The maximum atomic E-state index is 5.94. The van der Waals surface area contributed by atoms with Crippen molar-refractivity contribution in [2.45, 2.75) is 26.4 Å². The Balaban J connectivity index is 2.01. The third kappa shape index (κ3) is 4.58. The monoisotopic (exact) mass is 289 g/mol. The number of nitrogens with zero attached hydrogens (tertiary/aromatic N) is 2. The molecule has 2 aromatic rings. The van der Waals surface area contributed by atoms with Crippen LogP contribution in [0.4, 0.5) is 0 Å². The van der Waals surface area contributed by atoms with Crippen LogP contribution in [-0.4, -0.2) is 30.0 Å². The van der Waals surface area contributed by atoms with Crippen molar-refractivity contribution in [2.75, 3.05) is 20.3 Å². The van der Waals surface area contributed by atoms with Gasteiger partial charge in [0.15, 0.2) is 5.75 Å². The maximum absolute atomic E-state index is 5.94. The second-order valence-electron chi connectivity index (χ2n) is 5.13. The summed E-state index contributed by atoms with van der Waals surface area (Å²) < 4.78 is 12.9. The standard InChI is InChI=1S/C16H23N3O2/c1-13(2)19-12-15(11-18-19)21-16-7-5-4-6-14(16)10-17-8-9-20-3/h4-7,11-13,17H,8-10H2,1-3H3. The van der Waals surface area contributed by atoms with Crippen LogP contribution in [0.5, 0.6) is 11.5 Å². The molecular formula is C16H23N3O2. The van der Waals surface area contributed by atoms with Gasteiger partial charge < -0.3 is 14.8 Å². The van der Waals surface area contributed by atoms with E-state index in [4.69, 9.17) is 9.47 Å². The molecular weight excluding hydrogens is 266 g/mol. The van der Waals surface area contributed by atoms with E-state index in [1.54, 1.807) is 13.3 Å². The van der Waals surface area contributed by atoms with Crippen molar-refractivity contribution in [3.05, 3.63) is 42.2 Å². The van der Waals surface area contributed by atoms with Gasteiger partial charge in [-0.05, 0) is 19.9 Å². The molecule has 0 saturated carbocycles. The van der Waals surface area contributed by atoms with Gasteiger partial charge in [-0.25, -0.2) is 0 Å². The molecule has 0 aliphatic rings. The molecule has 0 aliphatic heterocycles. The summed E-state index contributed by atoms with van der Waals surface area (Å²) in [5.74, 6) is 1.61. The molecule has 1 heterocycles. The zero-order valence-electron chi connectivity index (χ0n) is 12.9. The predicted octanol–water partition coefficient (Wildman–Crippen LogP) is 2.99. The minimum Gasteiger partial charge on any atom is -0.454 e. The highest BCUT2D eigenvalue weighted by molar-refractivity contribution is 5.36. The van der Waals surface area contributed by atoms with Crippen molar-refractivity contribution in [3.63, 3.8) is 0 Å². The fourth-order valence-electron chi connectivity index (χ4n) is 1.93. The van der Waals surface area contributed by atoms with Gasteiger partial charge >= 0.3 is 0 Å². The molecule has 2 rings (SSSR count). The molecule has 0 atom stereocenters. The van der Waals surface area contributed by atoms with E-state index in [1.165, 1.54) is 0 Å². The van der Waals surface area contributed by atoms with Crippen LogP contribution < -0.4 is 10.1 Å². The smallest absolute Gasteiger partial charge is 0.165 e. The molecule has 1 aromatic carbocycles. The summed E-state index contributed by atoms with van der Waals surface area (Å²) in [5, 5.41) is 7.61. The first kappa shape index (κ1) is 15.5. The lowest BCUT2D eigenvalue weighted by molar-refractivity contribution is 0.199. The van der Waals surface area contributed by atoms with Crippen LogP contribution in [0.1, 0.15) is 25.5 Å². The summed E-state index contributed by atoms with van der Waals surface area (Å²) in [6.45, 7) is 6.44. The lowest BCUT2D eigenvalue weighted by Gasteiger charge is -2.10. The molecule has 5 nitrogen and oxygen atoms in total. The summed E-state index contributed by atoms with van der Waals surface area (Å²) in [6, 6.07) is 8.34. The zero-order valence-corrected chi connectivity index (χ0v) is 12.9. The number of nitrogens with one attached hydrogen (secondary N) is 1. The fraction of sp³-hybridized carbons (Fsp3) is 0.438. The number of ether oxygens (including phenoxy) is 2. The van der Waals surface area contributed by atoms with E-state index in [0.29, 0.717) is 12.6 Å². The lowest BCUT2D eigenvalue weighted by Crippen LogP contribution is -2.18. The number of aromatic nitrogens is 2. The largest absolute Gasteiger partial charge is 0.454 e. The second kappa shape index (κ2) is 7.81. The van der Waals surface area contributed by atoms with Crippen LogP contribution >= 0.6 is 0 Å². The number of rotatable bonds is 8. The quantitative estimate of drug-likeness (QED) is 0.759. The van der Waals surface area contributed by atoms with Crippen LogP contribution in [0, 0.1) is 0 Å². The molecule has 0 amide bonds. The summed E-state index contributed by atoms with van der Waals surface area (Å²) in [7, 11) is 1.70. The van der Waals surface area contributed by atoms with E-state index in [1.807, 2.05) is 29.1 Å². The first-order chi connectivity index (χ1) is 10.2. The highest BCUT2D eigenvalue weighted by atomic mass is 16.5. The van der Waals surface area contributed by atoms with Gasteiger partial charge in [-0.2, -0.15) is 5.10 Å². The van der Waals surface area contributed by atoms with Crippen LogP contribution in [0.2, 0.25) is 0 Å². The van der Waals surface area contributed by atoms with Gasteiger partial charge in [-0.15, -0.1) is 0 Å². The van der Waals surface area contributed by atoms with Gasteiger partial charge in [0.05, 0.1) is 19.0 Å². The number of benzene rings is 1. The Hall–Kier alpha value is -1.85. The maximum Gasteiger partial charge on any atom is 0.165 e. The van der Waals surface area contributed by atoms with E-state index in [0.717, 1.165) is 30.2 Å². The highest BCUT2D eigenvalue weighted by Crippen LogP contribution is 2.25. The minimum atomic E-state index is 0.327. The van der Waals surface area contributed by atoms with Crippen molar-refractivity contribution in [3.8, 4) is 11.5 Å². The average molecular weight is 289 g/mol. The summed E-state index contributed by atoms with van der Waals surface area (Å²) in [4.78, 5) is 0. The van der Waals surface area contributed by atoms with Crippen molar-refractivity contribution < 1.29 is 9.47 Å². The molecule has 1 aromatic heterocycles. The number of hydrogen-bond donors (Lipinski definition) is 1. The molecule has 0 spiro atoms. The average Bonchev–Trinajstić information content (AvgIpc) is 2.94. The van der Waals surface area contributed by atoms with Crippen LogP contribution in [0.15, 0.2) is 36.7 Å². The number of hydrogen-bond acceptors (Lipinski definition) is 4. The van der Waals surface area contributed by atoms with E-state index in [-0.39, 0.29) is 0 Å². The Morgan fingerprint density at radius 3 is 2.81 bits per heavy atom. The molecule has 0 radical (unpaired) electrons. The van der Waals surface area contributed by atoms with Crippen molar-refractivity contribution in [1.29, 1.82) is 0 Å². The zero-order chi connectivity index (χ0) is 15.1. The van der Waals surface area contributed by atoms with Gasteiger partial charge in [0, 0.05) is 31.8 Å². The molecule has 5 heteroatoms. The normalized spacial score (nSPS) is 11.0. The first-order valence-electron chi connectivity index (χ1n) is 7.20. The fourth-order valence-corrected chi connectivity index (χ4v) is 1.93. The Bertz CT molecular complexity index is 552. The Morgan fingerprint density at radius 2 is 2.10 bits per heavy atom. The second-order valence-corrected chi connectivity index (χ2v) is 5.13. The Morgan fingerprint density at radius 1 is 1.29 bits per heavy atom. The molecule has 0 fully saturated rings. The SMILES string of the molecule is COCCNCc1ccccc1Oc1cnn(C(C)C)c1. The van der Waals surface area contributed by atoms with Crippen LogP contribution in [0.25, 0.3) is 0 Å². The summed E-state index contributed by atoms with van der Waals surface area (Å²) in [5.41, 5.74) is 1.12. The van der Waals surface area contributed by atoms with Crippen molar-refractivity contribution >= 4 is 0 Å². The molecule has 0 aliphatic carbocycles. The lowest BCUT2D eigenvalue weighted by atomic mass is 10.2. The van der Waals surface area contributed by atoms with Gasteiger partial charge in [0.25, 0.3) is 0 Å².